The molecule has 1 aromatic carbocycles. The van der Waals surface area contributed by atoms with E-state index < -0.39 is 0 Å². The van der Waals surface area contributed by atoms with Gasteiger partial charge < -0.3 is 10.2 Å². The Kier molecular flexibility index (Phi) is 6.08. The Hall–Kier alpha value is -0.360. The Balaban J connectivity index is 2.18. The maximum Gasteiger partial charge on any atom is 0.0701 e. The summed E-state index contributed by atoms with van der Waals surface area (Å²) in [5.74, 6) is 0. The van der Waals surface area contributed by atoms with Crippen molar-refractivity contribution < 1.29 is 0 Å². The molecule has 2 nitrogen and oxygen atoms in total. The smallest absolute Gasteiger partial charge is 0.0701 e. The molecule has 1 heterocycles. The quantitative estimate of drug-likeness (QED) is 0.709. The number of hydrogen-bond donors (Lipinski definition) is 1. The number of nitrogens with one attached hydrogen (secondary N) is 1. The van der Waals surface area contributed by atoms with Crippen molar-refractivity contribution in [3.63, 3.8) is 0 Å². The number of rotatable bonds is 6. The predicted molar refractivity (Wildman–Crippen MR) is 95.6 cm³/mol. The Morgan fingerprint density at radius 2 is 2.05 bits per heavy atom. The van der Waals surface area contributed by atoms with Crippen molar-refractivity contribution in [2.45, 2.75) is 20.0 Å². The Morgan fingerprint density at radius 3 is 2.70 bits per heavy atom. The molecule has 0 spiro atoms. The third-order valence-corrected chi connectivity index (χ3v) is 5.11. The maximum atomic E-state index is 3.57. The van der Waals surface area contributed by atoms with Crippen LogP contribution < -0.4 is 10.2 Å². The van der Waals surface area contributed by atoms with Crippen LogP contribution in [0.4, 0.5) is 5.69 Å². The fourth-order valence-electron chi connectivity index (χ4n) is 2.09. The second-order valence-electron chi connectivity index (χ2n) is 4.67. The van der Waals surface area contributed by atoms with E-state index >= 15 is 0 Å². The molecule has 2 aromatic rings. The van der Waals surface area contributed by atoms with Gasteiger partial charge in [0.25, 0.3) is 0 Å². The largest absolute Gasteiger partial charge is 0.370 e. The van der Waals surface area contributed by atoms with Crippen molar-refractivity contribution in [2.24, 2.45) is 0 Å². The summed E-state index contributed by atoms with van der Waals surface area (Å²) in [6.45, 7) is 4.93. The molecule has 0 unspecified atom stereocenters. The highest BCUT2D eigenvalue weighted by atomic mass is 79.9. The zero-order valence-electron chi connectivity index (χ0n) is 11.6. The molecular formula is C15H18Br2N2S. The van der Waals surface area contributed by atoms with Gasteiger partial charge in [-0.05, 0) is 57.2 Å². The molecule has 0 saturated carbocycles. The number of anilines is 1. The van der Waals surface area contributed by atoms with Gasteiger partial charge in [-0.15, -0.1) is 11.3 Å². The van der Waals surface area contributed by atoms with Crippen molar-refractivity contribution in [3.8, 4) is 0 Å². The first-order valence-corrected chi connectivity index (χ1v) is 9.00. The molecule has 1 aromatic heterocycles. The van der Waals surface area contributed by atoms with Crippen LogP contribution in [0.25, 0.3) is 0 Å². The molecule has 2 rings (SSSR count). The lowest BCUT2D eigenvalue weighted by Crippen LogP contribution is -2.20. The van der Waals surface area contributed by atoms with Gasteiger partial charge in [-0.2, -0.15) is 0 Å². The van der Waals surface area contributed by atoms with E-state index in [-0.39, 0.29) is 0 Å². The highest BCUT2D eigenvalue weighted by Gasteiger charge is 2.09. The lowest BCUT2D eigenvalue weighted by Gasteiger charge is -2.22. The summed E-state index contributed by atoms with van der Waals surface area (Å²) in [5, 5.41) is 5.60. The van der Waals surface area contributed by atoms with Gasteiger partial charge in [-0.3, -0.25) is 0 Å². The minimum Gasteiger partial charge on any atom is -0.370 e. The van der Waals surface area contributed by atoms with Crippen molar-refractivity contribution in [1.82, 2.24) is 5.32 Å². The Labute approximate surface area is 141 Å². The van der Waals surface area contributed by atoms with E-state index in [2.05, 4.69) is 85.7 Å². The number of benzene rings is 1. The molecule has 0 amide bonds. The zero-order valence-corrected chi connectivity index (χ0v) is 15.6. The average molecular weight is 418 g/mol. The summed E-state index contributed by atoms with van der Waals surface area (Å²) in [4.78, 5) is 2.30. The summed E-state index contributed by atoms with van der Waals surface area (Å²) in [6, 6.07) is 8.66. The first-order chi connectivity index (χ1) is 9.60. The van der Waals surface area contributed by atoms with Gasteiger partial charge in [0.05, 0.1) is 3.79 Å². The Morgan fingerprint density at radius 1 is 1.25 bits per heavy atom. The fourth-order valence-corrected chi connectivity index (χ4v) is 3.64. The number of thiophene rings is 1. The van der Waals surface area contributed by atoms with Crippen LogP contribution in [0.3, 0.4) is 0 Å². The molecular weight excluding hydrogens is 400 g/mol. The minimum atomic E-state index is 0.900. The molecule has 1 N–H and O–H groups in total. The highest BCUT2D eigenvalue weighted by molar-refractivity contribution is 9.11. The van der Waals surface area contributed by atoms with E-state index in [0.717, 1.165) is 24.1 Å². The third kappa shape index (κ3) is 4.32. The first-order valence-electron chi connectivity index (χ1n) is 6.53. The van der Waals surface area contributed by atoms with Crippen LogP contribution in [-0.4, -0.2) is 13.6 Å². The van der Waals surface area contributed by atoms with Crippen molar-refractivity contribution in [1.29, 1.82) is 0 Å². The summed E-state index contributed by atoms with van der Waals surface area (Å²) >= 11 is 8.82. The van der Waals surface area contributed by atoms with E-state index in [1.807, 2.05) is 0 Å². The molecule has 108 valence electrons. The van der Waals surface area contributed by atoms with Crippen molar-refractivity contribution in [3.05, 3.63) is 49.0 Å². The van der Waals surface area contributed by atoms with E-state index in [1.54, 1.807) is 11.3 Å². The minimum absolute atomic E-state index is 0.900. The summed E-state index contributed by atoms with van der Waals surface area (Å²) in [7, 11) is 2.14. The van der Waals surface area contributed by atoms with Gasteiger partial charge >= 0.3 is 0 Å². The van der Waals surface area contributed by atoms with Gasteiger partial charge in [0.1, 0.15) is 0 Å². The fraction of sp³-hybridized carbons (Fsp3) is 0.333. The van der Waals surface area contributed by atoms with Crippen LogP contribution in [0.2, 0.25) is 0 Å². The standard InChI is InChI=1S/C15H18Br2N2S/c1-3-18-8-12-4-5-13(16)7-14(12)19(2)9-11-6-15(17)20-10-11/h4-7,10,18H,3,8-9H2,1-2H3. The molecule has 0 fully saturated rings. The van der Waals surface area contributed by atoms with Crippen molar-refractivity contribution >= 4 is 48.9 Å². The first kappa shape index (κ1) is 16.0. The summed E-state index contributed by atoms with van der Waals surface area (Å²) < 4.78 is 2.30. The maximum absolute atomic E-state index is 3.57. The molecule has 0 radical (unpaired) electrons. The van der Waals surface area contributed by atoms with Crippen LogP contribution in [0.15, 0.2) is 37.9 Å². The SMILES string of the molecule is CCNCc1ccc(Br)cc1N(C)Cc1csc(Br)c1. The normalized spacial score (nSPS) is 10.8. The van der Waals surface area contributed by atoms with Gasteiger partial charge in [-0.25, -0.2) is 0 Å². The van der Waals surface area contributed by atoms with Crippen LogP contribution in [-0.2, 0) is 13.1 Å². The van der Waals surface area contributed by atoms with Crippen LogP contribution in [0.5, 0.6) is 0 Å². The molecule has 0 bridgehead atoms. The van der Waals surface area contributed by atoms with E-state index in [9.17, 15) is 0 Å². The van der Waals surface area contributed by atoms with E-state index in [0.29, 0.717) is 0 Å². The number of nitrogens with zero attached hydrogens (tertiary/aromatic N) is 1. The monoisotopic (exact) mass is 416 g/mol. The molecule has 0 saturated heterocycles. The van der Waals surface area contributed by atoms with Crippen LogP contribution in [0, 0.1) is 0 Å². The van der Waals surface area contributed by atoms with Crippen molar-refractivity contribution in [2.75, 3.05) is 18.5 Å². The van der Waals surface area contributed by atoms with Gasteiger partial charge in [0.2, 0.25) is 0 Å². The Bertz CT molecular complexity index is 569. The van der Waals surface area contributed by atoms with Crippen LogP contribution in [0.1, 0.15) is 18.1 Å². The second kappa shape index (κ2) is 7.59. The summed E-state index contributed by atoms with van der Waals surface area (Å²) in [5.41, 5.74) is 3.92. The third-order valence-electron chi connectivity index (χ3n) is 3.07. The van der Waals surface area contributed by atoms with Crippen LogP contribution >= 0.6 is 43.2 Å². The average Bonchev–Trinajstić information content (AvgIpc) is 2.82. The lowest BCUT2D eigenvalue weighted by atomic mass is 10.1. The van der Waals surface area contributed by atoms with Gasteiger partial charge in [-0.1, -0.05) is 28.9 Å². The summed E-state index contributed by atoms with van der Waals surface area (Å²) in [6.07, 6.45) is 0. The molecule has 0 atom stereocenters. The lowest BCUT2D eigenvalue weighted by molar-refractivity contribution is 0.723. The molecule has 20 heavy (non-hydrogen) atoms. The predicted octanol–water partition coefficient (Wildman–Crippen LogP) is 5.02. The molecule has 0 aliphatic rings. The highest BCUT2D eigenvalue weighted by Crippen LogP contribution is 2.27. The molecule has 0 aliphatic carbocycles. The molecule has 5 heteroatoms. The number of halogens is 2. The molecule has 0 aliphatic heterocycles. The van der Waals surface area contributed by atoms with E-state index in [1.165, 1.54) is 20.6 Å². The zero-order chi connectivity index (χ0) is 14.5. The van der Waals surface area contributed by atoms with E-state index in [4.69, 9.17) is 0 Å². The second-order valence-corrected chi connectivity index (χ2v) is 7.87. The number of hydrogen-bond acceptors (Lipinski definition) is 3. The van der Waals surface area contributed by atoms with Gasteiger partial charge in [0.15, 0.2) is 0 Å². The van der Waals surface area contributed by atoms with Gasteiger partial charge in [0, 0.05) is 30.3 Å². The topological polar surface area (TPSA) is 15.3 Å².